The third kappa shape index (κ3) is 5.18. The molecule has 0 bridgehead atoms. The molecular formula is C25H24F3N3O3S. The number of nitrogens with two attached hydrogens (primary N) is 1. The second-order valence-corrected chi connectivity index (χ2v) is 10.0. The predicted molar refractivity (Wildman–Crippen MR) is 127 cm³/mol. The lowest BCUT2D eigenvalue weighted by Crippen LogP contribution is -2.11. The van der Waals surface area contributed by atoms with E-state index in [0.29, 0.717) is 41.3 Å². The third-order valence-corrected chi connectivity index (χ3v) is 7.29. The standard InChI is InChI=1S/C25H24F3N3O3S/c1-2-22-23(31-13-5-11-21(24(31)30-22)25(26,27)28)17-7-3-8-18(15-17)34-19-9-4-10-20(16-19)35(32,33)14-6-12-29/h3-5,7-11,13,15-16H,2,6,12,14,29H2,1H3. The maximum absolute atomic E-state index is 13.5. The van der Waals surface area contributed by atoms with Crippen LogP contribution in [0.1, 0.15) is 24.6 Å². The van der Waals surface area contributed by atoms with E-state index in [1.807, 2.05) is 6.92 Å². The molecule has 0 atom stereocenters. The number of halogens is 3. The molecule has 4 aromatic rings. The zero-order valence-corrected chi connectivity index (χ0v) is 19.7. The number of fused-ring (bicyclic) bond motifs is 1. The first-order valence-corrected chi connectivity index (χ1v) is 12.7. The van der Waals surface area contributed by atoms with E-state index in [-0.39, 0.29) is 22.8 Å². The van der Waals surface area contributed by atoms with Gasteiger partial charge in [0.1, 0.15) is 17.1 Å². The molecule has 0 spiro atoms. The Hall–Kier alpha value is -3.37. The molecule has 35 heavy (non-hydrogen) atoms. The van der Waals surface area contributed by atoms with Crippen molar-refractivity contribution in [2.24, 2.45) is 5.73 Å². The number of pyridine rings is 1. The van der Waals surface area contributed by atoms with Crippen molar-refractivity contribution in [1.29, 1.82) is 0 Å². The fraction of sp³-hybridized carbons (Fsp3) is 0.240. The normalized spacial score (nSPS) is 12.3. The quantitative estimate of drug-likeness (QED) is 0.343. The van der Waals surface area contributed by atoms with E-state index in [0.717, 1.165) is 6.07 Å². The number of nitrogens with zero attached hydrogens (tertiary/aromatic N) is 2. The van der Waals surface area contributed by atoms with Gasteiger partial charge in [-0.15, -0.1) is 0 Å². The maximum atomic E-state index is 13.5. The molecule has 2 heterocycles. The monoisotopic (exact) mass is 503 g/mol. The Morgan fingerprint density at radius 2 is 1.74 bits per heavy atom. The molecule has 184 valence electrons. The third-order valence-electron chi connectivity index (χ3n) is 5.49. The van der Waals surface area contributed by atoms with Crippen LogP contribution in [0, 0.1) is 0 Å². The Balaban J connectivity index is 1.72. The van der Waals surface area contributed by atoms with Crippen LogP contribution in [-0.2, 0) is 22.4 Å². The summed E-state index contributed by atoms with van der Waals surface area (Å²) in [5, 5.41) is 0. The van der Waals surface area contributed by atoms with Crippen LogP contribution in [0.3, 0.4) is 0 Å². The molecule has 10 heteroatoms. The highest BCUT2D eigenvalue weighted by Gasteiger charge is 2.34. The molecule has 2 N–H and O–H groups in total. The SMILES string of the molecule is CCc1nc2c(C(F)(F)F)cccn2c1-c1cccc(Oc2cccc(S(=O)(=O)CCCN)c2)c1. The van der Waals surface area contributed by atoms with Crippen molar-refractivity contribution in [3.05, 3.63) is 78.1 Å². The summed E-state index contributed by atoms with van der Waals surface area (Å²) >= 11 is 0. The van der Waals surface area contributed by atoms with Gasteiger partial charge >= 0.3 is 6.18 Å². The molecule has 4 rings (SSSR count). The fourth-order valence-electron chi connectivity index (χ4n) is 3.85. The van der Waals surface area contributed by atoms with Crippen molar-refractivity contribution >= 4 is 15.5 Å². The number of sulfone groups is 1. The zero-order valence-electron chi connectivity index (χ0n) is 18.9. The molecule has 0 saturated heterocycles. The molecule has 0 fully saturated rings. The second kappa shape index (κ2) is 9.71. The highest BCUT2D eigenvalue weighted by atomic mass is 32.2. The summed E-state index contributed by atoms with van der Waals surface area (Å²) in [6, 6.07) is 15.4. The average Bonchev–Trinajstić information content (AvgIpc) is 3.21. The van der Waals surface area contributed by atoms with E-state index < -0.39 is 21.6 Å². The number of hydrogen-bond donors (Lipinski definition) is 1. The van der Waals surface area contributed by atoms with Gasteiger partial charge in [-0.3, -0.25) is 4.40 Å². The lowest BCUT2D eigenvalue weighted by molar-refractivity contribution is -0.136. The molecule has 0 unspecified atom stereocenters. The molecule has 0 aliphatic carbocycles. The smallest absolute Gasteiger partial charge is 0.419 e. The Kier molecular flexibility index (Phi) is 6.86. The summed E-state index contributed by atoms with van der Waals surface area (Å²) in [6.45, 7) is 2.10. The van der Waals surface area contributed by atoms with Crippen molar-refractivity contribution in [2.75, 3.05) is 12.3 Å². The number of ether oxygens (including phenoxy) is 1. The molecule has 0 saturated carbocycles. The minimum atomic E-state index is -4.53. The number of hydrogen-bond acceptors (Lipinski definition) is 5. The minimum Gasteiger partial charge on any atom is -0.457 e. The number of alkyl halides is 3. The van der Waals surface area contributed by atoms with Crippen LogP contribution in [-0.4, -0.2) is 30.1 Å². The number of imidazole rings is 1. The molecule has 0 radical (unpaired) electrons. The molecular weight excluding hydrogens is 479 g/mol. The van der Waals surface area contributed by atoms with Gasteiger partial charge in [-0.2, -0.15) is 13.2 Å². The van der Waals surface area contributed by atoms with Gasteiger partial charge in [0.15, 0.2) is 9.84 Å². The van der Waals surface area contributed by atoms with Crippen LogP contribution in [0.25, 0.3) is 16.9 Å². The molecule has 6 nitrogen and oxygen atoms in total. The Morgan fingerprint density at radius 1 is 1.03 bits per heavy atom. The van der Waals surface area contributed by atoms with Crippen molar-refractivity contribution in [3.8, 4) is 22.8 Å². The van der Waals surface area contributed by atoms with E-state index in [4.69, 9.17) is 10.5 Å². The zero-order chi connectivity index (χ0) is 25.2. The van der Waals surface area contributed by atoms with Crippen LogP contribution in [0.15, 0.2) is 71.8 Å². The van der Waals surface area contributed by atoms with E-state index >= 15 is 0 Å². The van der Waals surface area contributed by atoms with Gasteiger partial charge in [0.2, 0.25) is 0 Å². The highest BCUT2D eigenvalue weighted by molar-refractivity contribution is 7.91. The number of rotatable bonds is 8. The van der Waals surface area contributed by atoms with E-state index in [2.05, 4.69) is 4.98 Å². The lowest BCUT2D eigenvalue weighted by Gasteiger charge is -2.11. The first-order chi connectivity index (χ1) is 16.6. The number of benzene rings is 2. The van der Waals surface area contributed by atoms with Crippen LogP contribution in [0.2, 0.25) is 0 Å². The highest BCUT2D eigenvalue weighted by Crippen LogP contribution is 2.36. The van der Waals surface area contributed by atoms with Gasteiger partial charge < -0.3 is 10.5 Å². The number of aromatic nitrogens is 2. The lowest BCUT2D eigenvalue weighted by atomic mass is 10.1. The van der Waals surface area contributed by atoms with E-state index in [9.17, 15) is 21.6 Å². The second-order valence-electron chi connectivity index (χ2n) is 7.94. The molecule has 2 aromatic carbocycles. The van der Waals surface area contributed by atoms with Gasteiger partial charge in [-0.1, -0.05) is 25.1 Å². The van der Waals surface area contributed by atoms with E-state index in [1.54, 1.807) is 42.6 Å². The largest absolute Gasteiger partial charge is 0.457 e. The summed E-state index contributed by atoms with van der Waals surface area (Å²) in [5.74, 6) is 0.670. The van der Waals surface area contributed by atoms with Crippen LogP contribution >= 0.6 is 0 Å². The minimum absolute atomic E-state index is 0.0591. The fourth-order valence-corrected chi connectivity index (χ4v) is 5.22. The van der Waals surface area contributed by atoms with E-state index in [1.165, 1.54) is 22.6 Å². The first-order valence-electron chi connectivity index (χ1n) is 11.0. The molecule has 0 amide bonds. The summed E-state index contributed by atoms with van der Waals surface area (Å²) < 4.78 is 73.0. The summed E-state index contributed by atoms with van der Waals surface area (Å²) in [4.78, 5) is 4.41. The van der Waals surface area contributed by atoms with Gasteiger partial charge in [0.25, 0.3) is 0 Å². The molecule has 0 aliphatic rings. The molecule has 2 aromatic heterocycles. The van der Waals surface area contributed by atoms with Gasteiger partial charge in [0, 0.05) is 11.8 Å². The van der Waals surface area contributed by atoms with Gasteiger partial charge in [0.05, 0.1) is 27.6 Å². The average molecular weight is 504 g/mol. The maximum Gasteiger partial charge on any atom is 0.419 e. The van der Waals surface area contributed by atoms with Crippen molar-refractivity contribution in [2.45, 2.75) is 30.8 Å². The molecule has 0 aliphatic heterocycles. The number of aryl methyl sites for hydroxylation is 1. The van der Waals surface area contributed by atoms with Crippen molar-refractivity contribution in [3.63, 3.8) is 0 Å². The first kappa shape index (κ1) is 24.7. The van der Waals surface area contributed by atoms with Gasteiger partial charge in [-0.05, 0) is 61.9 Å². The Morgan fingerprint density at radius 3 is 2.43 bits per heavy atom. The summed E-state index contributed by atoms with van der Waals surface area (Å²) in [6.07, 6.45) is -2.20. The van der Waals surface area contributed by atoms with Crippen LogP contribution in [0.4, 0.5) is 13.2 Å². The van der Waals surface area contributed by atoms with Crippen LogP contribution in [0.5, 0.6) is 11.5 Å². The van der Waals surface area contributed by atoms with Crippen LogP contribution < -0.4 is 10.5 Å². The Bertz CT molecular complexity index is 1460. The van der Waals surface area contributed by atoms with Gasteiger partial charge in [-0.25, -0.2) is 13.4 Å². The van der Waals surface area contributed by atoms with Crippen molar-refractivity contribution in [1.82, 2.24) is 9.38 Å². The summed E-state index contributed by atoms with van der Waals surface area (Å²) in [7, 11) is -3.49. The van der Waals surface area contributed by atoms with Crippen molar-refractivity contribution < 1.29 is 26.3 Å². The predicted octanol–water partition coefficient (Wildman–Crippen LogP) is 5.50. The Labute approximate surface area is 201 Å². The summed E-state index contributed by atoms with van der Waals surface area (Å²) in [5.41, 5.74) is 6.15. The topological polar surface area (TPSA) is 86.7 Å².